The summed E-state index contributed by atoms with van der Waals surface area (Å²) in [6.07, 6.45) is 5.82. The second kappa shape index (κ2) is 4.36. The summed E-state index contributed by atoms with van der Waals surface area (Å²) in [7, 11) is 0. The van der Waals surface area contributed by atoms with E-state index in [1.54, 1.807) is 0 Å². The number of hydrogen-bond donors (Lipinski definition) is 1. The molecule has 1 heterocycles. The molecule has 0 aromatic heterocycles. The quantitative estimate of drug-likeness (QED) is 0.779. The molecule has 2 unspecified atom stereocenters. The number of hydrogen-bond acceptors (Lipinski definition) is 2. The van der Waals surface area contributed by atoms with Crippen LogP contribution in [-0.4, -0.2) is 29.6 Å². The Balaban J connectivity index is 2.00. The van der Waals surface area contributed by atoms with Crippen molar-refractivity contribution in [2.45, 2.75) is 65.0 Å². The van der Waals surface area contributed by atoms with Gasteiger partial charge in [0, 0.05) is 6.04 Å². The SMILES string of the molecule is CCC1NCN(C2CCCC(C)(C)C2)C1=O. The Morgan fingerprint density at radius 1 is 1.50 bits per heavy atom. The molecule has 2 atom stereocenters. The van der Waals surface area contributed by atoms with Gasteiger partial charge in [-0.25, -0.2) is 0 Å². The Hall–Kier alpha value is -0.570. The summed E-state index contributed by atoms with van der Waals surface area (Å²) >= 11 is 0. The minimum Gasteiger partial charge on any atom is -0.326 e. The first-order valence-corrected chi connectivity index (χ1v) is 6.57. The summed E-state index contributed by atoms with van der Waals surface area (Å²) in [5.74, 6) is 0.324. The average molecular weight is 224 g/mol. The molecule has 1 saturated carbocycles. The van der Waals surface area contributed by atoms with Gasteiger partial charge in [-0.15, -0.1) is 0 Å². The molecule has 1 aliphatic carbocycles. The van der Waals surface area contributed by atoms with Crippen molar-refractivity contribution in [1.82, 2.24) is 10.2 Å². The first-order valence-electron chi connectivity index (χ1n) is 6.57. The number of rotatable bonds is 2. The van der Waals surface area contributed by atoms with Crippen LogP contribution in [0.15, 0.2) is 0 Å². The van der Waals surface area contributed by atoms with E-state index in [-0.39, 0.29) is 6.04 Å². The highest BCUT2D eigenvalue weighted by molar-refractivity contribution is 5.84. The normalized spacial score (nSPS) is 34.4. The molecule has 3 heteroatoms. The molecular formula is C13H24N2O. The zero-order valence-electron chi connectivity index (χ0n) is 10.8. The van der Waals surface area contributed by atoms with Crippen LogP contribution in [0.25, 0.3) is 0 Å². The van der Waals surface area contributed by atoms with Crippen LogP contribution in [0, 0.1) is 5.41 Å². The first kappa shape index (κ1) is 11.9. The van der Waals surface area contributed by atoms with E-state index < -0.39 is 0 Å². The van der Waals surface area contributed by atoms with E-state index in [0.717, 1.165) is 19.5 Å². The average Bonchev–Trinajstić information content (AvgIpc) is 2.58. The molecule has 0 radical (unpaired) electrons. The van der Waals surface area contributed by atoms with Gasteiger partial charge in [-0.05, 0) is 31.1 Å². The molecule has 1 amide bonds. The van der Waals surface area contributed by atoms with Crippen molar-refractivity contribution >= 4 is 5.91 Å². The van der Waals surface area contributed by atoms with Gasteiger partial charge in [0.2, 0.25) is 5.91 Å². The van der Waals surface area contributed by atoms with Crippen molar-refractivity contribution in [3.05, 3.63) is 0 Å². The topological polar surface area (TPSA) is 32.3 Å². The predicted octanol–water partition coefficient (Wildman–Crippen LogP) is 2.12. The largest absolute Gasteiger partial charge is 0.326 e. The van der Waals surface area contributed by atoms with Crippen LogP contribution < -0.4 is 5.32 Å². The van der Waals surface area contributed by atoms with Crippen molar-refractivity contribution in [2.75, 3.05) is 6.67 Å². The lowest BCUT2D eigenvalue weighted by Gasteiger charge is -2.39. The second-order valence-electron chi connectivity index (χ2n) is 6.05. The molecule has 0 spiro atoms. The van der Waals surface area contributed by atoms with E-state index >= 15 is 0 Å². The van der Waals surface area contributed by atoms with E-state index in [1.165, 1.54) is 19.3 Å². The highest BCUT2D eigenvalue weighted by atomic mass is 16.2. The number of amides is 1. The summed E-state index contributed by atoms with van der Waals surface area (Å²) in [5.41, 5.74) is 0.410. The number of carbonyl (C=O) groups is 1. The lowest BCUT2D eigenvalue weighted by Crippen LogP contribution is -2.43. The second-order valence-corrected chi connectivity index (χ2v) is 6.05. The van der Waals surface area contributed by atoms with Gasteiger partial charge >= 0.3 is 0 Å². The molecule has 92 valence electrons. The maximum atomic E-state index is 12.1. The third kappa shape index (κ3) is 2.24. The van der Waals surface area contributed by atoms with E-state index in [0.29, 0.717) is 17.4 Å². The third-order valence-corrected chi connectivity index (χ3v) is 4.12. The summed E-state index contributed by atoms with van der Waals surface area (Å²) in [6.45, 7) is 7.48. The summed E-state index contributed by atoms with van der Waals surface area (Å²) in [5, 5.41) is 3.31. The van der Waals surface area contributed by atoms with E-state index in [1.807, 2.05) is 0 Å². The summed E-state index contributed by atoms with van der Waals surface area (Å²) in [4.78, 5) is 14.2. The van der Waals surface area contributed by atoms with Crippen LogP contribution in [0.1, 0.15) is 52.9 Å². The van der Waals surface area contributed by atoms with Gasteiger partial charge in [-0.2, -0.15) is 0 Å². The van der Waals surface area contributed by atoms with Gasteiger partial charge in [0.1, 0.15) is 0 Å². The maximum Gasteiger partial charge on any atom is 0.241 e. The molecule has 16 heavy (non-hydrogen) atoms. The lowest BCUT2D eigenvalue weighted by atomic mass is 9.75. The highest BCUT2D eigenvalue weighted by Crippen LogP contribution is 2.37. The Bertz CT molecular complexity index is 275. The minimum absolute atomic E-state index is 0.0741. The van der Waals surface area contributed by atoms with E-state index in [9.17, 15) is 4.79 Å². The zero-order valence-corrected chi connectivity index (χ0v) is 10.8. The molecule has 0 bridgehead atoms. The van der Waals surface area contributed by atoms with Crippen LogP contribution in [0.2, 0.25) is 0 Å². The minimum atomic E-state index is 0.0741. The van der Waals surface area contributed by atoms with Crippen molar-refractivity contribution in [3.63, 3.8) is 0 Å². The van der Waals surface area contributed by atoms with Gasteiger partial charge in [0.15, 0.2) is 0 Å². The maximum absolute atomic E-state index is 12.1. The van der Waals surface area contributed by atoms with Crippen LogP contribution in [0.4, 0.5) is 0 Å². The molecule has 2 aliphatic rings. The standard InChI is InChI=1S/C13H24N2O/c1-4-11-12(16)15(9-14-11)10-6-5-7-13(2,3)8-10/h10-11,14H,4-9H2,1-3H3. The molecule has 2 rings (SSSR count). The lowest BCUT2D eigenvalue weighted by molar-refractivity contribution is -0.132. The smallest absolute Gasteiger partial charge is 0.241 e. The molecule has 0 aromatic rings. The van der Waals surface area contributed by atoms with Gasteiger partial charge < -0.3 is 4.90 Å². The monoisotopic (exact) mass is 224 g/mol. The molecule has 1 saturated heterocycles. The van der Waals surface area contributed by atoms with Crippen molar-refractivity contribution in [3.8, 4) is 0 Å². The number of nitrogens with one attached hydrogen (secondary N) is 1. The third-order valence-electron chi connectivity index (χ3n) is 4.12. The summed E-state index contributed by atoms with van der Waals surface area (Å²) in [6, 6.07) is 0.547. The van der Waals surface area contributed by atoms with Gasteiger partial charge in [-0.1, -0.05) is 27.2 Å². The van der Waals surface area contributed by atoms with E-state index in [4.69, 9.17) is 0 Å². The van der Waals surface area contributed by atoms with Crippen LogP contribution in [0.5, 0.6) is 0 Å². The molecule has 1 aliphatic heterocycles. The number of carbonyl (C=O) groups excluding carboxylic acids is 1. The van der Waals surface area contributed by atoms with Crippen LogP contribution >= 0.6 is 0 Å². The molecular weight excluding hydrogens is 200 g/mol. The summed E-state index contributed by atoms with van der Waals surface area (Å²) < 4.78 is 0. The molecule has 0 aromatic carbocycles. The first-order chi connectivity index (χ1) is 7.53. The van der Waals surface area contributed by atoms with Gasteiger partial charge in [-0.3, -0.25) is 10.1 Å². The van der Waals surface area contributed by atoms with Gasteiger partial charge in [0.05, 0.1) is 12.7 Å². The highest BCUT2D eigenvalue weighted by Gasteiger charge is 2.38. The number of nitrogens with zero attached hydrogens (tertiary/aromatic N) is 1. The van der Waals surface area contributed by atoms with E-state index in [2.05, 4.69) is 31.0 Å². The molecule has 2 fully saturated rings. The zero-order chi connectivity index (χ0) is 11.8. The predicted molar refractivity (Wildman–Crippen MR) is 65.0 cm³/mol. The van der Waals surface area contributed by atoms with Crippen molar-refractivity contribution in [1.29, 1.82) is 0 Å². The van der Waals surface area contributed by atoms with Crippen LogP contribution in [-0.2, 0) is 4.79 Å². The molecule has 1 N–H and O–H groups in total. The Kier molecular flexibility index (Phi) is 3.24. The fourth-order valence-corrected chi connectivity index (χ4v) is 3.13. The fourth-order valence-electron chi connectivity index (χ4n) is 3.13. The van der Waals surface area contributed by atoms with Gasteiger partial charge in [0.25, 0.3) is 0 Å². The Morgan fingerprint density at radius 2 is 2.25 bits per heavy atom. The molecule has 3 nitrogen and oxygen atoms in total. The van der Waals surface area contributed by atoms with Crippen molar-refractivity contribution < 1.29 is 4.79 Å². The van der Waals surface area contributed by atoms with Crippen molar-refractivity contribution in [2.24, 2.45) is 5.41 Å². The Morgan fingerprint density at radius 3 is 2.81 bits per heavy atom. The Labute approximate surface area is 98.6 Å². The fraction of sp³-hybridized carbons (Fsp3) is 0.923. The van der Waals surface area contributed by atoms with Crippen LogP contribution in [0.3, 0.4) is 0 Å².